The van der Waals surface area contributed by atoms with Crippen LogP contribution in [0.4, 0.5) is 15.8 Å². The second kappa shape index (κ2) is 7.51. The zero-order chi connectivity index (χ0) is 15.9. The molecule has 3 N–H and O–H groups in total. The van der Waals surface area contributed by atoms with Crippen molar-refractivity contribution in [3.05, 3.63) is 59.9 Å². The summed E-state index contributed by atoms with van der Waals surface area (Å²) >= 11 is 5.21. The standard InChI is InChI=1S/C16H16FN3OS/c1-11(21)19-14-3-2-4-15(9-14)20-16(22)18-10-12-5-7-13(17)8-6-12/h2-9H,10H2,1H3,(H,19,21)(H2,18,20,22). The predicted octanol–water partition coefficient (Wildman–Crippen LogP) is 3.27. The topological polar surface area (TPSA) is 53.2 Å². The maximum absolute atomic E-state index is 12.8. The van der Waals surface area contributed by atoms with Crippen LogP contribution < -0.4 is 16.0 Å². The van der Waals surface area contributed by atoms with E-state index in [1.54, 1.807) is 24.3 Å². The van der Waals surface area contributed by atoms with Gasteiger partial charge in [-0.1, -0.05) is 18.2 Å². The molecule has 0 saturated heterocycles. The minimum Gasteiger partial charge on any atom is -0.358 e. The Hall–Kier alpha value is -2.47. The van der Waals surface area contributed by atoms with E-state index in [1.165, 1.54) is 19.1 Å². The molecule has 2 aromatic carbocycles. The molecule has 0 spiro atoms. The third kappa shape index (κ3) is 5.14. The van der Waals surface area contributed by atoms with Crippen LogP contribution in [0.25, 0.3) is 0 Å². The molecule has 0 aliphatic rings. The summed E-state index contributed by atoms with van der Waals surface area (Å²) in [4.78, 5) is 11.0. The van der Waals surface area contributed by atoms with E-state index in [0.29, 0.717) is 17.3 Å². The highest BCUT2D eigenvalue weighted by molar-refractivity contribution is 7.80. The first-order valence-electron chi connectivity index (χ1n) is 6.70. The van der Waals surface area contributed by atoms with Gasteiger partial charge in [-0.3, -0.25) is 4.79 Å². The zero-order valence-electron chi connectivity index (χ0n) is 12.0. The monoisotopic (exact) mass is 317 g/mol. The van der Waals surface area contributed by atoms with Gasteiger partial charge in [0.25, 0.3) is 0 Å². The van der Waals surface area contributed by atoms with E-state index in [2.05, 4.69) is 16.0 Å². The van der Waals surface area contributed by atoms with Crippen molar-refractivity contribution in [3.8, 4) is 0 Å². The quantitative estimate of drug-likeness (QED) is 0.758. The number of nitrogens with one attached hydrogen (secondary N) is 3. The molecule has 0 aromatic heterocycles. The molecule has 0 aliphatic heterocycles. The summed E-state index contributed by atoms with van der Waals surface area (Å²) in [6.07, 6.45) is 0. The fourth-order valence-electron chi connectivity index (χ4n) is 1.84. The van der Waals surface area contributed by atoms with E-state index in [9.17, 15) is 9.18 Å². The highest BCUT2D eigenvalue weighted by Crippen LogP contribution is 2.15. The van der Waals surface area contributed by atoms with Gasteiger partial charge in [-0.15, -0.1) is 0 Å². The van der Waals surface area contributed by atoms with Gasteiger partial charge >= 0.3 is 0 Å². The van der Waals surface area contributed by atoms with Crippen molar-refractivity contribution >= 4 is 34.6 Å². The number of anilines is 2. The molecule has 2 rings (SSSR count). The molecular weight excluding hydrogens is 301 g/mol. The van der Waals surface area contributed by atoms with Crippen molar-refractivity contribution in [2.24, 2.45) is 0 Å². The lowest BCUT2D eigenvalue weighted by Crippen LogP contribution is -2.27. The van der Waals surface area contributed by atoms with Crippen LogP contribution in [-0.4, -0.2) is 11.0 Å². The van der Waals surface area contributed by atoms with Gasteiger partial charge in [0.05, 0.1) is 0 Å². The maximum Gasteiger partial charge on any atom is 0.221 e. The van der Waals surface area contributed by atoms with E-state index in [0.717, 1.165) is 11.3 Å². The van der Waals surface area contributed by atoms with E-state index in [4.69, 9.17) is 12.2 Å². The Bertz CT molecular complexity index is 673. The molecule has 0 atom stereocenters. The van der Waals surface area contributed by atoms with Gasteiger partial charge in [0.15, 0.2) is 5.11 Å². The summed E-state index contributed by atoms with van der Waals surface area (Å²) in [5.41, 5.74) is 2.39. The van der Waals surface area contributed by atoms with Crippen molar-refractivity contribution < 1.29 is 9.18 Å². The average Bonchev–Trinajstić information content (AvgIpc) is 2.46. The zero-order valence-corrected chi connectivity index (χ0v) is 12.8. The van der Waals surface area contributed by atoms with Crippen LogP contribution in [0.1, 0.15) is 12.5 Å². The fourth-order valence-corrected chi connectivity index (χ4v) is 2.03. The molecule has 0 fully saturated rings. The Balaban J connectivity index is 1.89. The van der Waals surface area contributed by atoms with Gasteiger partial charge in [-0.25, -0.2) is 4.39 Å². The highest BCUT2D eigenvalue weighted by atomic mass is 32.1. The van der Waals surface area contributed by atoms with E-state index in [1.807, 2.05) is 12.1 Å². The number of amides is 1. The molecule has 0 heterocycles. The Morgan fingerprint density at radius 1 is 1.09 bits per heavy atom. The molecule has 4 nitrogen and oxygen atoms in total. The third-order valence-corrected chi connectivity index (χ3v) is 3.05. The number of hydrogen-bond donors (Lipinski definition) is 3. The Morgan fingerprint density at radius 3 is 2.36 bits per heavy atom. The van der Waals surface area contributed by atoms with Gasteiger partial charge in [0, 0.05) is 24.8 Å². The third-order valence-electron chi connectivity index (χ3n) is 2.81. The minimum atomic E-state index is -0.265. The Morgan fingerprint density at radius 2 is 1.73 bits per heavy atom. The number of thiocarbonyl (C=S) groups is 1. The van der Waals surface area contributed by atoms with E-state index < -0.39 is 0 Å². The molecule has 0 bridgehead atoms. The molecular formula is C16H16FN3OS. The molecule has 0 radical (unpaired) electrons. The number of carbonyl (C=O) groups is 1. The van der Waals surface area contributed by atoms with Crippen molar-refractivity contribution in [1.82, 2.24) is 5.32 Å². The van der Waals surface area contributed by atoms with Crippen molar-refractivity contribution in [2.45, 2.75) is 13.5 Å². The number of rotatable bonds is 4. The SMILES string of the molecule is CC(=O)Nc1cccc(NC(=S)NCc2ccc(F)cc2)c1. The van der Waals surface area contributed by atoms with Gasteiger partial charge in [-0.05, 0) is 48.1 Å². The first-order valence-corrected chi connectivity index (χ1v) is 7.11. The molecule has 2 aromatic rings. The lowest BCUT2D eigenvalue weighted by Gasteiger charge is -2.11. The van der Waals surface area contributed by atoms with Crippen LogP contribution in [-0.2, 0) is 11.3 Å². The lowest BCUT2D eigenvalue weighted by molar-refractivity contribution is -0.114. The van der Waals surface area contributed by atoms with Crippen LogP contribution in [0.3, 0.4) is 0 Å². The number of carbonyl (C=O) groups excluding carboxylic acids is 1. The van der Waals surface area contributed by atoms with Gasteiger partial charge < -0.3 is 16.0 Å². The molecule has 114 valence electrons. The number of hydrogen-bond acceptors (Lipinski definition) is 2. The summed E-state index contributed by atoms with van der Waals surface area (Å²) in [6.45, 7) is 1.95. The number of benzene rings is 2. The summed E-state index contributed by atoms with van der Waals surface area (Å²) in [6, 6.07) is 13.4. The average molecular weight is 317 g/mol. The molecule has 1 amide bonds. The normalized spacial score (nSPS) is 9.91. The molecule has 0 aliphatic carbocycles. The predicted molar refractivity (Wildman–Crippen MR) is 90.2 cm³/mol. The highest BCUT2D eigenvalue weighted by Gasteiger charge is 2.01. The second-order valence-electron chi connectivity index (χ2n) is 4.70. The maximum atomic E-state index is 12.8. The van der Waals surface area contributed by atoms with Crippen LogP contribution in [0.15, 0.2) is 48.5 Å². The first kappa shape index (κ1) is 15.9. The van der Waals surface area contributed by atoms with Gasteiger partial charge in [0.2, 0.25) is 5.91 Å². The van der Waals surface area contributed by atoms with E-state index in [-0.39, 0.29) is 11.7 Å². The molecule has 0 unspecified atom stereocenters. The Kier molecular flexibility index (Phi) is 5.43. The number of halogens is 1. The fraction of sp³-hybridized carbons (Fsp3) is 0.125. The summed E-state index contributed by atoms with van der Waals surface area (Å²) in [5, 5.41) is 9.22. The van der Waals surface area contributed by atoms with Crippen molar-refractivity contribution in [1.29, 1.82) is 0 Å². The Labute approximate surface area is 133 Å². The van der Waals surface area contributed by atoms with Crippen LogP contribution >= 0.6 is 12.2 Å². The minimum absolute atomic E-state index is 0.130. The summed E-state index contributed by atoms with van der Waals surface area (Å²) in [7, 11) is 0. The van der Waals surface area contributed by atoms with Crippen molar-refractivity contribution in [2.75, 3.05) is 10.6 Å². The van der Waals surface area contributed by atoms with Crippen LogP contribution in [0.5, 0.6) is 0 Å². The molecule has 6 heteroatoms. The first-order chi connectivity index (χ1) is 10.5. The van der Waals surface area contributed by atoms with E-state index >= 15 is 0 Å². The smallest absolute Gasteiger partial charge is 0.221 e. The molecule has 22 heavy (non-hydrogen) atoms. The molecule has 0 saturated carbocycles. The van der Waals surface area contributed by atoms with Gasteiger partial charge in [0.1, 0.15) is 5.82 Å². The lowest BCUT2D eigenvalue weighted by atomic mass is 10.2. The second-order valence-corrected chi connectivity index (χ2v) is 5.10. The van der Waals surface area contributed by atoms with Crippen molar-refractivity contribution in [3.63, 3.8) is 0 Å². The largest absolute Gasteiger partial charge is 0.358 e. The van der Waals surface area contributed by atoms with Gasteiger partial charge in [-0.2, -0.15) is 0 Å². The summed E-state index contributed by atoms with van der Waals surface area (Å²) in [5.74, 6) is -0.395. The van der Waals surface area contributed by atoms with Crippen LogP contribution in [0, 0.1) is 5.82 Å². The van der Waals surface area contributed by atoms with Crippen LogP contribution in [0.2, 0.25) is 0 Å². The summed E-state index contributed by atoms with van der Waals surface area (Å²) < 4.78 is 12.8.